The molecule has 7 heteroatoms. The highest BCUT2D eigenvalue weighted by molar-refractivity contribution is 6.03. The van der Waals surface area contributed by atoms with Crippen molar-refractivity contribution in [3.63, 3.8) is 0 Å². The lowest BCUT2D eigenvalue weighted by Crippen LogP contribution is -2.65. The highest BCUT2D eigenvalue weighted by Crippen LogP contribution is 2.31. The van der Waals surface area contributed by atoms with E-state index in [1.807, 2.05) is 60.7 Å². The number of likely N-dealkylation sites (tertiary alicyclic amines) is 1. The van der Waals surface area contributed by atoms with Gasteiger partial charge in [0.1, 0.15) is 13.2 Å². The summed E-state index contributed by atoms with van der Waals surface area (Å²) in [6.07, 6.45) is 0.340. The Kier molecular flexibility index (Phi) is 8.64. The van der Waals surface area contributed by atoms with Crippen LogP contribution in [0, 0.1) is 5.92 Å². The van der Waals surface area contributed by atoms with Crippen LogP contribution < -0.4 is 0 Å². The lowest BCUT2D eigenvalue weighted by atomic mass is 9.82. The zero-order valence-electron chi connectivity index (χ0n) is 22.3. The number of amides is 2. The van der Waals surface area contributed by atoms with Gasteiger partial charge in [0.05, 0.1) is 29.5 Å². The molecule has 0 aliphatic carbocycles. The van der Waals surface area contributed by atoms with Crippen molar-refractivity contribution < 1.29 is 28.7 Å². The van der Waals surface area contributed by atoms with E-state index in [9.17, 15) is 19.2 Å². The molecule has 0 N–H and O–H groups in total. The maximum atomic E-state index is 13.4. The summed E-state index contributed by atoms with van der Waals surface area (Å²) in [6, 6.07) is 33.5. The first kappa shape index (κ1) is 27.5. The second-order valence-corrected chi connectivity index (χ2v) is 9.87. The molecule has 1 aliphatic rings. The molecule has 1 fully saturated rings. The third-order valence-corrected chi connectivity index (χ3v) is 7.04. The second-order valence-electron chi connectivity index (χ2n) is 9.87. The van der Waals surface area contributed by atoms with Gasteiger partial charge in [0.2, 0.25) is 11.8 Å². The molecule has 0 saturated carbocycles. The van der Waals surface area contributed by atoms with Gasteiger partial charge in [-0.15, -0.1) is 0 Å². The Balaban J connectivity index is 1.26. The second kappa shape index (κ2) is 12.9. The van der Waals surface area contributed by atoms with Crippen LogP contribution in [0.2, 0.25) is 0 Å². The fourth-order valence-electron chi connectivity index (χ4n) is 4.89. The molecule has 4 aromatic rings. The molecular weight excluding hydrogens is 518 g/mol. The molecule has 1 heterocycles. The van der Waals surface area contributed by atoms with Gasteiger partial charge in [0.15, 0.2) is 0 Å². The molecule has 2 amide bonds. The first-order valence-corrected chi connectivity index (χ1v) is 13.4. The molecular formula is C34H29NO6. The van der Waals surface area contributed by atoms with Gasteiger partial charge in [-0.1, -0.05) is 91.0 Å². The van der Waals surface area contributed by atoms with Gasteiger partial charge in [-0.2, -0.15) is 0 Å². The van der Waals surface area contributed by atoms with E-state index in [2.05, 4.69) is 0 Å². The van der Waals surface area contributed by atoms with E-state index in [4.69, 9.17) is 9.47 Å². The maximum absolute atomic E-state index is 13.4. The van der Waals surface area contributed by atoms with Crippen LogP contribution in [0.3, 0.4) is 0 Å². The molecule has 1 saturated heterocycles. The van der Waals surface area contributed by atoms with Crippen LogP contribution in [-0.4, -0.2) is 41.3 Å². The molecule has 206 valence electrons. The Bertz CT molecular complexity index is 1520. The number of nitrogens with zero attached hydrogens (tertiary/aromatic N) is 1. The third-order valence-electron chi connectivity index (χ3n) is 7.04. The number of carbonyl (C=O) groups excluding carboxylic acids is 4. The minimum absolute atomic E-state index is 0.0905. The van der Waals surface area contributed by atoms with E-state index < -0.39 is 29.8 Å². The van der Waals surface area contributed by atoms with Gasteiger partial charge >= 0.3 is 11.9 Å². The summed E-state index contributed by atoms with van der Waals surface area (Å²) in [4.78, 5) is 53.0. The summed E-state index contributed by atoms with van der Waals surface area (Å²) < 4.78 is 11.0. The molecule has 0 unspecified atom stereocenters. The molecule has 0 radical (unpaired) electrons. The van der Waals surface area contributed by atoms with E-state index in [0.29, 0.717) is 23.1 Å². The Morgan fingerprint density at radius 1 is 0.634 bits per heavy atom. The largest absolute Gasteiger partial charge is 0.460 e. The first-order valence-electron chi connectivity index (χ1n) is 13.4. The standard InChI is InChI=1S/C34H29NO6/c36-31(21-26-15-10-18-28(19-26)34(39)40-22-25-13-6-2-7-14-25)35-30(23-41-33(38)27-16-8-3-9-17-27)29(32(35)37)20-24-11-4-1-5-12-24/h1-19,29-30H,20-23H2/t29-,30+/m1/s1. The van der Waals surface area contributed by atoms with Crippen LogP contribution in [0.15, 0.2) is 115 Å². The van der Waals surface area contributed by atoms with Crippen LogP contribution in [0.4, 0.5) is 0 Å². The smallest absolute Gasteiger partial charge is 0.338 e. The van der Waals surface area contributed by atoms with Gasteiger partial charge < -0.3 is 9.47 Å². The van der Waals surface area contributed by atoms with Crippen molar-refractivity contribution in [3.8, 4) is 0 Å². The normalized spacial score (nSPS) is 16.0. The lowest BCUT2D eigenvalue weighted by molar-refractivity contribution is -0.168. The molecule has 4 aromatic carbocycles. The van der Waals surface area contributed by atoms with Gasteiger partial charge in [0.25, 0.3) is 0 Å². The summed E-state index contributed by atoms with van der Waals surface area (Å²) in [5.41, 5.74) is 3.11. The van der Waals surface area contributed by atoms with Gasteiger partial charge in [-0.25, -0.2) is 9.59 Å². The van der Waals surface area contributed by atoms with Crippen LogP contribution in [0.5, 0.6) is 0 Å². The van der Waals surface area contributed by atoms with Gasteiger partial charge in [0, 0.05) is 0 Å². The number of β-lactam (4-membered cyclic amide) rings is 1. The minimum atomic E-state index is -0.595. The average molecular weight is 548 g/mol. The Labute approximate surface area is 238 Å². The first-order chi connectivity index (χ1) is 20.0. The molecule has 0 spiro atoms. The van der Waals surface area contributed by atoms with E-state index in [0.717, 1.165) is 11.1 Å². The van der Waals surface area contributed by atoms with E-state index in [-0.39, 0.29) is 25.5 Å². The Morgan fingerprint density at radius 2 is 1.20 bits per heavy atom. The lowest BCUT2D eigenvalue weighted by Gasteiger charge is -2.45. The molecule has 0 aromatic heterocycles. The Morgan fingerprint density at radius 3 is 1.88 bits per heavy atom. The molecule has 41 heavy (non-hydrogen) atoms. The summed E-state index contributed by atoms with van der Waals surface area (Å²) in [5, 5.41) is 0. The average Bonchev–Trinajstić information content (AvgIpc) is 3.02. The van der Waals surface area contributed by atoms with Crippen molar-refractivity contribution in [2.75, 3.05) is 6.61 Å². The van der Waals surface area contributed by atoms with Crippen molar-refractivity contribution in [1.82, 2.24) is 4.90 Å². The van der Waals surface area contributed by atoms with E-state index in [1.54, 1.807) is 54.6 Å². The van der Waals surface area contributed by atoms with Gasteiger partial charge in [-0.3, -0.25) is 14.5 Å². The van der Waals surface area contributed by atoms with Crippen molar-refractivity contribution in [1.29, 1.82) is 0 Å². The van der Waals surface area contributed by atoms with Gasteiger partial charge in [-0.05, 0) is 47.4 Å². The highest BCUT2D eigenvalue weighted by Gasteiger charge is 2.50. The number of rotatable bonds is 10. The quantitative estimate of drug-likeness (QED) is 0.204. The van der Waals surface area contributed by atoms with Crippen molar-refractivity contribution in [3.05, 3.63) is 143 Å². The van der Waals surface area contributed by atoms with Crippen LogP contribution >= 0.6 is 0 Å². The highest BCUT2D eigenvalue weighted by atomic mass is 16.5. The summed E-state index contributed by atoms with van der Waals surface area (Å²) in [7, 11) is 0. The van der Waals surface area contributed by atoms with Crippen LogP contribution in [0.1, 0.15) is 37.4 Å². The molecule has 1 aliphatic heterocycles. The number of carbonyl (C=O) groups is 4. The molecule has 2 atom stereocenters. The fourth-order valence-corrected chi connectivity index (χ4v) is 4.89. The number of hydrogen-bond acceptors (Lipinski definition) is 6. The summed E-state index contributed by atoms with van der Waals surface area (Å²) in [6.45, 7) is 0.0336. The topological polar surface area (TPSA) is 90.0 Å². The number of ether oxygens (including phenoxy) is 2. The third kappa shape index (κ3) is 6.76. The predicted octanol–water partition coefficient (Wildman–Crippen LogP) is 5.04. The van der Waals surface area contributed by atoms with E-state index in [1.165, 1.54) is 4.90 Å². The van der Waals surface area contributed by atoms with Crippen molar-refractivity contribution >= 4 is 23.8 Å². The van der Waals surface area contributed by atoms with Crippen LogP contribution in [-0.2, 0) is 38.5 Å². The van der Waals surface area contributed by atoms with Crippen LogP contribution in [0.25, 0.3) is 0 Å². The maximum Gasteiger partial charge on any atom is 0.338 e. The number of hydrogen-bond donors (Lipinski definition) is 0. The molecule has 0 bridgehead atoms. The summed E-state index contributed by atoms with van der Waals surface area (Å²) in [5.74, 6) is -2.24. The Hall–Kier alpha value is -5.04. The van der Waals surface area contributed by atoms with Crippen molar-refractivity contribution in [2.24, 2.45) is 5.92 Å². The SMILES string of the molecule is O=C(OCc1ccccc1)c1cccc(CC(=O)N2C(=O)[C@H](Cc3ccccc3)[C@@H]2COC(=O)c2ccccc2)c1. The number of imide groups is 1. The fraction of sp³-hybridized carbons (Fsp3) is 0.176. The zero-order chi connectivity index (χ0) is 28.6. The summed E-state index contributed by atoms with van der Waals surface area (Å²) >= 11 is 0. The minimum Gasteiger partial charge on any atom is -0.460 e. The predicted molar refractivity (Wildman–Crippen MR) is 152 cm³/mol. The zero-order valence-corrected chi connectivity index (χ0v) is 22.3. The number of benzene rings is 4. The monoisotopic (exact) mass is 547 g/mol. The molecule has 7 nitrogen and oxygen atoms in total. The molecule has 5 rings (SSSR count). The number of esters is 2. The van der Waals surface area contributed by atoms with Crippen molar-refractivity contribution in [2.45, 2.75) is 25.5 Å². The van der Waals surface area contributed by atoms with E-state index >= 15 is 0 Å².